The summed E-state index contributed by atoms with van der Waals surface area (Å²) in [5.41, 5.74) is 4.31. The molecule has 0 spiro atoms. The molecular formula is C22H28FNO2. The molecule has 0 bridgehead atoms. The Morgan fingerprint density at radius 3 is 2.69 bits per heavy atom. The zero-order valence-electron chi connectivity index (χ0n) is 15.9. The molecule has 0 fully saturated rings. The van der Waals surface area contributed by atoms with Gasteiger partial charge in [-0.1, -0.05) is 38.1 Å². The van der Waals surface area contributed by atoms with Crippen molar-refractivity contribution in [1.82, 2.24) is 4.90 Å². The molecule has 0 aliphatic carbocycles. The Hall–Kier alpha value is -2.36. The van der Waals surface area contributed by atoms with Gasteiger partial charge in [-0.25, -0.2) is 4.39 Å². The molecule has 0 unspecified atom stereocenters. The van der Waals surface area contributed by atoms with Crippen LogP contribution in [0, 0.1) is 0 Å². The third-order valence-electron chi connectivity index (χ3n) is 4.67. The van der Waals surface area contributed by atoms with E-state index >= 15 is 0 Å². The van der Waals surface area contributed by atoms with E-state index in [-0.39, 0.29) is 12.5 Å². The van der Waals surface area contributed by atoms with E-state index in [9.17, 15) is 9.18 Å². The van der Waals surface area contributed by atoms with Crippen molar-refractivity contribution in [2.45, 2.75) is 40.0 Å². The largest absolute Gasteiger partial charge is 0.483 e. The summed E-state index contributed by atoms with van der Waals surface area (Å²) in [4.78, 5) is 14.3. The van der Waals surface area contributed by atoms with E-state index in [0.29, 0.717) is 25.8 Å². The first-order chi connectivity index (χ1) is 12.6. The molecule has 0 saturated heterocycles. The zero-order valence-corrected chi connectivity index (χ0v) is 15.9. The molecule has 0 aromatic heterocycles. The Bertz CT molecular complexity index is 719. The van der Waals surface area contributed by atoms with Crippen molar-refractivity contribution in [3.63, 3.8) is 0 Å². The normalized spacial score (nSPS) is 15.3. The van der Waals surface area contributed by atoms with E-state index in [2.05, 4.69) is 19.9 Å². The van der Waals surface area contributed by atoms with Gasteiger partial charge >= 0.3 is 0 Å². The van der Waals surface area contributed by atoms with Gasteiger partial charge in [-0.3, -0.25) is 4.79 Å². The lowest BCUT2D eigenvalue weighted by atomic mass is 9.99. The minimum absolute atomic E-state index is 0.0237. The van der Waals surface area contributed by atoms with Crippen molar-refractivity contribution in [2.75, 3.05) is 19.7 Å². The van der Waals surface area contributed by atoms with Crippen molar-refractivity contribution in [3.8, 4) is 5.75 Å². The second-order valence-electron chi connectivity index (χ2n) is 6.35. The Balaban J connectivity index is 2.03. The summed E-state index contributed by atoms with van der Waals surface area (Å²) in [6.45, 7) is 7.22. The second kappa shape index (κ2) is 9.95. The predicted molar refractivity (Wildman–Crippen MR) is 104 cm³/mol. The minimum Gasteiger partial charge on any atom is -0.483 e. The zero-order chi connectivity index (χ0) is 18.9. The summed E-state index contributed by atoms with van der Waals surface area (Å²) in [5.74, 6) is 0.734. The van der Waals surface area contributed by atoms with E-state index in [1.165, 1.54) is 11.6 Å². The van der Waals surface area contributed by atoms with Crippen molar-refractivity contribution < 1.29 is 13.9 Å². The molecule has 0 radical (unpaired) electrons. The number of nitrogens with zero attached hydrogens (tertiary/aromatic N) is 1. The number of aryl methyl sites for hydroxylation is 2. The number of benzene rings is 1. The third kappa shape index (κ3) is 5.07. The van der Waals surface area contributed by atoms with Gasteiger partial charge in [0.2, 0.25) is 0 Å². The fourth-order valence-electron chi connectivity index (χ4n) is 3.14. The molecule has 3 nitrogen and oxygen atoms in total. The highest BCUT2D eigenvalue weighted by molar-refractivity contribution is 5.78. The van der Waals surface area contributed by atoms with Crippen LogP contribution in [-0.4, -0.2) is 30.5 Å². The van der Waals surface area contributed by atoms with Crippen molar-refractivity contribution in [2.24, 2.45) is 0 Å². The van der Waals surface area contributed by atoms with Gasteiger partial charge in [-0.15, -0.1) is 0 Å². The molecule has 140 valence electrons. The van der Waals surface area contributed by atoms with E-state index in [4.69, 9.17) is 4.74 Å². The standard InChI is InChI=1S/C22H28FNO2/c1-4-7-20-15-24(13-11-19(20)10-12-23)22(25)16-26-21-9-8-17(5-2)14-18(21)6-3/h4,7-10,12,14H,5-6,11,13,15-16H2,1-3H3/b7-4-,12-10+. The molecule has 1 aliphatic rings. The fourth-order valence-corrected chi connectivity index (χ4v) is 3.14. The summed E-state index contributed by atoms with van der Waals surface area (Å²) in [6.07, 6.45) is 8.40. The predicted octanol–water partition coefficient (Wildman–Crippen LogP) is 4.78. The number of carbonyl (C=O) groups excluding carboxylic acids is 1. The highest BCUT2D eigenvalue weighted by atomic mass is 19.1. The van der Waals surface area contributed by atoms with Crippen LogP contribution < -0.4 is 4.74 Å². The van der Waals surface area contributed by atoms with Crippen LogP contribution in [0.2, 0.25) is 0 Å². The molecule has 26 heavy (non-hydrogen) atoms. The smallest absolute Gasteiger partial charge is 0.260 e. The highest BCUT2D eigenvalue weighted by Gasteiger charge is 2.21. The molecule has 0 N–H and O–H groups in total. The SMILES string of the molecule is C/C=C\C1=C(/C=C/F)CCN(C(=O)COc2ccc(CC)cc2CC)C1. The van der Waals surface area contributed by atoms with Gasteiger partial charge in [0.15, 0.2) is 6.61 Å². The molecule has 4 heteroatoms. The Kier molecular flexibility index (Phi) is 7.64. The lowest BCUT2D eigenvalue weighted by molar-refractivity contribution is -0.133. The summed E-state index contributed by atoms with van der Waals surface area (Å²) in [6, 6.07) is 6.14. The highest BCUT2D eigenvalue weighted by Crippen LogP contribution is 2.23. The number of carbonyl (C=O) groups is 1. The first kappa shape index (κ1) is 20.0. The van der Waals surface area contributed by atoms with Crippen LogP contribution >= 0.6 is 0 Å². The quantitative estimate of drug-likeness (QED) is 0.703. The monoisotopic (exact) mass is 357 g/mol. The summed E-state index contributed by atoms with van der Waals surface area (Å²) in [7, 11) is 0. The summed E-state index contributed by atoms with van der Waals surface area (Å²) < 4.78 is 18.4. The van der Waals surface area contributed by atoms with Gasteiger partial charge in [0.25, 0.3) is 5.91 Å². The number of amides is 1. The maximum atomic E-state index is 12.6. The van der Waals surface area contributed by atoms with Crippen molar-refractivity contribution >= 4 is 5.91 Å². The lowest BCUT2D eigenvalue weighted by Gasteiger charge is -2.29. The molecule has 1 aromatic rings. The molecule has 0 atom stereocenters. The lowest BCUT2D eigenvalue weighted by Crippen LogP contribution is -2.39. The average Bonchev–Trinajstić information content (AvgIpc) is 2.67. The molecule has 1 amide bonds. The third-order valence-corrected chi connectivity index (χ3v) is 4.67. The average molecular weight is 357 g/mol. The Morgan fingerprint density at radius 2 is 2.04 bits per heavy atom. The topological polar surface area (TPSA) is 29.5 Å². The van der Waals surface area contributed by atoms with Gasteiger partial charge in [-0.2, -0.15) is 0 Å². The van der Waals surface area contributed by atoms with Crippen LogP contribution in [0.5, 0.6) is 5.75 Å². The first-order valence-corrected chi connectivity index (χ1v) is 9.26. The van der Waals surface area contributed by atoms with Gasteiger partial charge < -0.3 is 9.64 Å². The molecule has 0 saturated carbocycles. The van der Waals surface area contributed by atoms with E-state index in [1.54, 1.807) is 4.90 Å². The molecule has 2 rings (SSSR count). The molecule has 1 aromatic carbocycles. The molecular weight excluding hydrogens is 329 g/mol. The number of rotatable bonds is 7. The van der Waals surface area contributed by atoms with Gasteiger partial charge in [-0.05, 0) is 60.6 Å². The van der Waals surface area contributed by atoms with E-state index in [0.717, 1.165) is 35.3 Å². The van der Waals surface area contributed by atoms with Crippen LogP contribution in [0.25, 0.3) is 0 Å². The molecule has 1 heterocycles. The van der Waals surface area contributed by atoms with Crippen molar-refractivity contribution in [1.29, 1.82) is 0 Å². The van der Waals surface area contributed by atoms with Crippen LogP contribution in [0.15, 0.2) is 53.9 Å². The summed E-state index contributed by atoms with van der Waals surface area (Å²) in [5, 5.41) is 0. The summed E-state index contributed by atoms with van der Waals surface area (Å²) >= 11 is 0. The fraction of sp³-hybridized carbons (Fsp3) is 0.409. The maximum absolute atomic E-state index is 12.6. The minimum atomic E-state index is -0.0445. The molecule has 1 aliphatic heterocycles. The number of ether oxygens (including phenoxy) is 1. The van der Waals surface area contributed by atoms with Crippen molar-refractivity contribution in [3.05, 3.63) is 65.0 Å². The second-order valence-corrected chi connectivity index (χ2v) is 6.35. The number of hydrogen-bond acceptors (Lipinski definition) is 2. The Morgan fingerprint density at radius 1 is 1.23 bits per heavy atom. The van der Waals surface area contributed by atoms with Crippen LogP contribution in [-0.2, 0) is 17.6 Å². The van der Waals surface area contributed by atoms with Crippen LogP contribution in [0.3, 0.4) is 0 Å². The van der Waals surface area contributed by atoms with Crippen LogP contribution in [0.1, 0.15) is 38.3 Å². The number of hydrogen-bond donors (Lipinski definition) is 0. The van der Waals surface area contributed by atoms with E-state index < -0.39 is 0 Å². The first-order valence-electron chi connectivity index (χ1n) is 9.26. The van der Waals surface area contributed by atoms with E-state index in [1.807, 2.05) is 31.2 Å². The maximum Gasteiger partial charge on any atom is 0.260 e. The Labute approximate surface area is 155 Å². The number of allylic oxidation sites excluding steroid dienone is 2. The number of halogens is 1. The van der Waals surface area contributed by atoms with Gasteiger partial charge in [0.05, 0.1) is 6.33 Å². The van der Waals surface area contributed by atoms with Crippen LogP contribution in [0.4, 0.5) is 4.39 Å². The van der Waals surface area contributed by atoms with Gasteiger partial charge in [0, 0.05) is 13.1 Å². The van der Waals surface area contributed by atoms with Gasteiger partial charge in [0.1, 0.15) is 5.75 Å².